The average molecular weight is 455 g/mol. The fourth-order valence-corrected chi connectivity index (χ4v) is 4.91. The van der Waals surface area contributed by atoms with E-state index in [2.05, 4.69) is 4.98 Å². The number of benzene rings is 1. The van der Waals surface area contributed by atoms with Gasteiger partial charge in [0.1, 0.15) is 12.1 Å². The Morgan fingerprint density at radius 2 is 1.83 bits per heavy atom. The van der Waals surface area contributed by atoms with E-state index >= 15 is 0 Å². The van der Waals surface area contributed by atoms with E-state index in [9.17, 15) is 34.8 Å². The van der Waals surface area contributed by atoms with Gasteiger partial charge in [0.05, 0.1) is 22.6 Å². The molecule has 1 aliphatic heterocycles. The van der Waals surface area contributed by atoms with Gasteiger partial charge in [0, 0.05) is 18.7 Å². The van der Waals surface area contributed by atoms with Crippen molar-refractivity contribution in [3.05, 3.63) is 41.5 Å². The molecule has 0 unspecified atom stereocenters. The second-order valence-electron chi connectivity index (χ2n) is 7.42. The monoisotopic (exact) mass is 455 g/mol. The number of hydrogen-bond donors (Lipinski definition) is 1. The van der Waals surface area contributed by atoms with Crippen molar-refractivity contribution in [2.45, 2.75) is 30.9 Å². The molecule has 164 valence electrons. The minimum Gasteiger partial charge on any atom is -0.444 e. The molecule has 0 bridgehead atoms. The summed E-state index contributed by atoms with van der Waals surface area (Å²) in [6.45, 7) is -0.405. The largest absolute Gasteiger partial charge is 0.444 e. The van der Waals surface area contributed by atoms with Gasteiger partial charge in [-0.25, -0.2) is 23.3 Å². The van der Waals surface area contributed by atoms with Crippen molar-refractivity contribution < 1.29 is 39.2 Å². The normalized spacial score (nSPS) is 23.6. The van der Waals surface area contributed by atoms with Gasteiger partial charge in [0.15, 0.2) is 0 Å². The summed E-state index contributed by atoms with van der Waals surface area (Å²) in [6.07, 6.45) is -4.42. The quantitative estimate of drug-likeness (QED) is 0.718. The van der Waals surface area contributed by atoms with Crippen LogP contribution in [0.2, 0.25) is 0 Å². The Morgan fingerprint density at radius 1 is 1.20 bits per heavy atom. The summed E-state index contributed by atoms with van der Waals surface area (Å²) in [5.41, 5.74) is -3.72. The molecule has 1 saturated carbocycles. The van der Waals surface area contributed by atoms with E-state index in [1.54, 1.807) is 0 Å². The number of alkyl halides is 5. The highest BCUT2D eigenvalue weighted by atomic mass is 32.2. The SMILES string of the molecule is NS(=O)(=O)N1CCC2(CC1)[C@@H](c1coc(-c3ccc(F)cc3C(F)(F)F)n1)C2(F)F. The zero-order valence-electron chi connectivity index (χ0n) is 15.1. The highest BCUT2D eigenvalue weighted by Crippen LogP contribution is 2.75. The molecule has 6 nitrogen and oxygen atoms in total. The van der Waals surface area contributed by atoms with Crippen molar-refractivity contribution in [3.63, 3.8) is 0 Å². The summed E-state index contributed by atoms with van der Waals surface area (Å²) in [5.74, 6) is -6.34. The number of halogens is 6. The number of nitrogens with two attached hydrogens (primary N) is 1. The van der Waals surface area contributed by atoms with Crippen LogP contribution in [-0.2, 0) is 16.4 Å². The number of rotatable bonds is 3. The molecule has 4 rings (SSSR count). The second-order valence-corrected chi connectivity index (χ2v) is 8.97. The zero-order valence-corrected chi connectivity index (χ0v) is 15.9. The Balaban J connectivity index is 1.63. The lowest BCUT2D eigenvalue weighted by atomic mass is 9.91. The van der Waals surface area contributed by atoms with Crippen LogP contribution in [0, 0.1) is 11.2 Å². The molecule has 1 aliphatic carbocycles. The predicted molar refractivity (Wildman–Crippen MR) is 90.9 cm³/mol. The Morgan fingerprint density at radius 3 is 2.40 bits per heavy atom. The van der Waals surface area contributed by atoms with E-state index in [1.165, 1.54) is 0 Å². The third kappa shape index (κ3) is 3.19. The molecule has 1 aromatic heterocycles. The molecule has 1 spiro atoms. The van der Waals surface area contributed by atoms with Gasteiger partial charge >= 0.3 is 6.18 Å². The zero-order chi connectivity index (χ0) is 22.1. The van der Waals surface area contributed by atoms with Crippen molar-refractivity contribution in [3.8, 4) is 11.5 Å². The molecular weight excluding hydrogens is 440 g/mol. The fourth-order valence-electron chi connectivity index (χ4n) is 4.22. The molecule has 2 aliphatic rings. The molecular formula is C17H15F6N3O3S. The van der Waals surface area contributed by atoms with Gasteiger partial charge < -0.3 is 4.42 Å². The van der Waals surface area contributed by atoms with E-state index in [-0.39, 0.29) is 37.7 Å². The van der Waals surface area contributed by atoms with Gasteiger partial charge in [-0.1, -0.05) is 0 Å². The smallest absolute Gasteiger partial charge is 0.417 e. The van der Waals surface area contributed by atoms with Crippen LogP contribution >= 0.6 is 0 Å². The summed E-state index contributed by atoms with van der Waals surface area (Å²) >= 11 is 0. The third-order valence-electron chi connectivity index (χ3n) is 5.81. The fraction of sp³-hybridized carbons (Fsp3) is 0.471. The lowest BCUT2D eigenvalue weighted by Gasteiger charge is -2.30. The van der Waals surface area contributed by atoms with Gasteiger partial charge in [-0.05, 0) is 31.0 Å². The first kappa shape index (κ1) is 21.1. The minimum atomic E-state index is -4.91. The van der Waals surface area contributed by atoms with Gasteiger partial charge in [-0.3, -0.25) is 0 Å². The van der Waals surface area contributed by atoms with Gasteiger partial charge in [0.25, 0.3) is 16.1 Å². The Hall–Kier alpha value is -2.12. The maximum Gasteiger partial charge on any atom is 0.417 e. The van der Waals surface area contributed by atoms with E-state index < -0.39 is 56.5 Å². The Kier molecular flexibility index (Phi) is 4.53. The third-order valence-corrected chi connectivity index (χ3v) is 6.89. The number of hydrogen-bond acceptors (Lipinski definition) is 4. The van der Waals surface area contributed by atoms with Crippen molar-refractivity contribution in [1.29, 1.82) is 0 Å². The highest BCUT2D eigenvalue weighted by molar-refractivity contribution is 7.86. The van der Waals surface area contributed by atoms with Crippen LogP contribution in [0.5, 0.6) is 0 Å². The van der Waals surface area contributed by atoms with E-state index in [0.717, 1.165) is 22.7 Å². The van der Waals surface area contributed by atoms with Gasteiger partial charge in [-0.2, -0.15) is 25.9 Å². The van der Waals surface area contributed by atoms with Crippen molar-refractivity contribution in [1.82, 2.24) is 9.29 Å². The molecule has 1 aromatic carbocycles. The molecule has 0 radical (unpaired) electrons. The van der Waals surface area contributed by atoms with Crippen LogP contribution in [0.25, 0.3) is 11.5 Å². The van der Waals surface area contributed by atoms with Crippen LogP contribution in [0.15, 0.2) is 28.9 Å². The molecule has 2 aromatic rings. The Bertz CT molecular complexity index is 1090. The average Bonchev–Trinajstić information content (AvgIpc) is 2.95. The van der Waals surface area contributed by atoms with E-state index in [4.69, 9.17) is 9.56 Å². The first-order valence-electron chi connectivity index (χ1n) is 8.75. The topological polar surface area (TPSA) is 89.4 Å². The van der Waals surface area contributed by atoms with E-state index in [0.29, 0.717) is 0 Å². The maximum atomic E-state index is 14.7. The maximum absolute atomic E-state index is 14.7. The molecule has 0 amide bonds. The number of oxazole rings is 1. The summed E-state index contributed by atoms with van der Waals surface area (Å²) in [7, 11) is -4.00. The summed E-state index contributed by atoms with van der Waals surface area (Å²) in [4.78, 5) is 3.83. The first-order valence-corrected chi connectivity index (χ1v) is 10.3. The van der Waals surface area contributed by atoms with Crippen LogP contribution in [0.3, 0.4) is 0 Å². The molecule has 2 fully saturated rings. The molecule has 2 heterocycles. The molecule has 2 N–H and O–H groups in total. The summed E-state index contributed by atoms with van der Waals surface area (Å²) in [5, 5.41) is 5.02. The number of piperidine rings is 1. The highest BCUT2D eigenvalue weighted by Gasteiger charge is 2.81. The number of nitrogens with zero attached hydrogens (tertiary/aromatic N) is 2. The predicted octanol–water partition coefficient (Wildman–Crippen LogP) is 3.52. The van der Waals surface area contributed by atoms with Crippen molar-refractivity contribution in [2.75, 3.05) is 13.1 Å². The summed E-state index contributed by atoms with van der Waals surface area (Å²) < 4.78 is 111. The van der Waals surface area contributed by atoms with Crippen molar-refractivity contribution >= 4 is 10.2 Å². The second kappa shape index (κ2) is 6.44. The van der Waals surface area contributed by atoms with Crippen LogP contribution in [0.4, 0.5) is 26.3 Å². The summed E-state index contributed by atoms with van der Waals surface area (Å²) in [6, 6.07) is 1.87. The van der Waals surface area contributed by atoms with Gasteiger partial charge in [0.2, 0.25) is 5.89 Å². The van der Waals surface area contributed by atoms with E-state index in [1.807, 2.05) is 0 Å². The van der Waals surface area contributed by atoms with Crippen LogP contribution in [0.1, 0.15) is 30.0 Å². The van der Waals surface area contributed by atoms with Crippen LogP contribution < -0.4 is 5.14 Å². The Labute approximate surface area is 166 Å². The van der Waals surface area contributed by atoms with Crippen LogP contribution in [-0.4, -0.2) is 36.7 Å². The first-order chi connectivity index (χ1) is 13.8. The molecule has 30 heavy (non-hydrogen) atoms. The lowest BCUT2D eigenvalue weighted by molar-refractivity contribution is -0.137. The lowest BCUT2D eigenvalue weighted by Crippen LogP contribution is -2.43. The molecule has 1 atom stereocenters. The number of aromatic nitrogens is 1. The minimum absolute atomic E-state index is 0.187. The standard InChI is InChI=1S/C17H15F6N3O3S/c18-9-1-2-10(11(7-9)17(21,22)23)14-25-12(8-29-14)13-15(16(13,19)20)3-5-26(6-4-15)30(24,27)28/h1-2,7-8,13H,3-6H2,(H2,24,27,28)/t13-/m1/s1. The van der Waals surface area contributed by atoms with Gasteiger partial charge in [-0.15, -0.1) is 0 Å². The molecule has 1 saturated heterocycles. The molecule has 13 heteroatoms. The van der Waals surface area contributed by atoms with Crippen molar-refractivity contribution in [2.24, 2.45) is 10.6 Å².